The Morgan fingerprint density at radius 3 is 2.12 bits per heavy atom. The fraction of sp³-hybridized carbons (Fsp3) is 0.750. The van der Waals surface area contributed by atoms with E-state index in [1.165, 1.54) is 12.0 Å². The highest BCUT2D eigenvalue weighted by molar-refractivity contribution is 4.95. The van der Waals surface area contributed by atoms with Gasteiger partial charge in [0.05, 0.1) is 0 Å². The summed E-state index contributed by atoms with van der Waals surface area (Å²) in [4.78, 5) is 0. The lowest BCUT2D eigenvalue weighted by Gasteiger charge is -1.99. The molecule has 0 rings (SSSR count). The van der Waals surface area contributed by atoms with Gasteiger partial charge >= 0.3 is 0 Å². The van der Waals surface area contributed by atoms with Crippen LogP contribution in [0.2, 0.25) is 0 Å². The van der Waals surface area contributed by atoms with E-state index in [4.69, 9.17) is 0 Å². The first-order chi connectivity index (χ1) is 3.66. The van der Waals surface area contributed by atoms with Gasteiger partial charge in [0.2, 0.25) is 0 Å². The number of hydrogen-bond donors (Lipinski definition) is 0. The molecule has 1 atom stereocenters. The van der Waals surface area contributed by atoms with Gasteiger partial charge in [-0.3, -0.25) is 0 Å². The van der Waals surface area contributed by atoms with Crippen molar-refractivity contribution in [3.05, 3.63) is 11.6 Å². The standard InChI is InChI=1S/C8H16/c1-5-8(4)6-7(2)3/h6,8H,5H2,1-4H3/t8-/m1/s1. The Morgan fingerprint density at radius 1 is 1.50 bits per heavy atom. The molecule has 48 valence electrons. The van der Waals surface area contributed by atoms with Gasteiger partial charge in [-0.15, -0.1) is 0 Å². The SMILES string of the molecule is CC[C@@H](C)C=C(C)C. The fourth-order valence-electron chi connectivity index (χ4n) is 0.687. The van der Waals surface area contributed by atoms with Crippen LogP contribution in [0.3, 0.4) is 0 Å². The third kappa shape index (κ3) is 3.91. The van der Waals surface area contributed by atoms with E-state index < -0.39 is 0 Å². The third-order valence-corrected chi connectivity index (χ3v) is 1.26. The highest BCUT2D eigenvalue weighted by Gasteiger charge is 1.89. The van der Waals surface area contributed by atoms with Crippen molar-refractivity contribution in [3.8, 4) is 0 Å². The highest BCUT2D eigenvalue weighted by Crippen LogP contribution is 2.04. The smallest absolute Gasteiger partial charge is 0.0262 e. The zero-order chi connectivity index (χ0) is 6.57. The van der Waals surface area contributed by atoms with Crippen molar-refractivity contribution in [2.75, 3.05) is 0 Å². The second-order valence-electron chi connectivity index (χ2n) is 2.63. The van der Waals surface area contributed by atoms with Crippen molar-refractivity contribution >= 4 is 0 Å². The summed E-state index contributed by atoms with van der Waals surface area (Å²) in [5, 5.41) is 0. The molecule has 0 spiro atoms. The average molecular weight is 112 g/mol. The predicted octanol–water partition coefficient (Wildman–Crippen LogP) is 3.00. The van der Waals surface area contributed by atoms with Crippen LogP contribution in [0, 0.1) is 5.92 Å². The van der Waals surface area contributed by atoms with Crippen LogP contribution in [0.1, 0.15) is 34.1 Å². The first-order valence-electron chi connectivity index (χ1n) is 3.31. The molecule has 8 heavy (non-hydrogen) atoms. The van der Waals surface area contributed by atoms with Crippen molar-refractivity contribution in [2.45, 2.75) is 34.1 Å². The van der Waals surface area contributed by atoms with E-state index in [1.807, 2.05) is 0 Å². The summed E-state index contributed by atoms with van der Waals surface area (Å²) in [7, 11) is 0. The molecule has 0 aromatic carbocycles. The Labute approximate surface area is 52.6 Å². The summed E-state index contributed by atoms with van der Waals surface area (Å²) in [5.41, 5.74) is 1.43. The van der Waals surface area contributed by atoms with Gasteiger partial charge in [0, 0.05) is 0 Å². The normalized spacial score (nSPS) is 13.0. The molecule has 0 nitrogen and oxygen atoms in total. The van der Waals surface area contributed by atoms with Crippen LogP contribution in [-0.2, 0) is 0 Å². The Kier molecular flexibility index (Phi) is 3.59. The van der Waals surface area contributed by atoms with E-state index in [1.54, 1.807) is 0 Å². The van der Waals surface area contributed by atoms with Crippen LogP contribution in [0.4, 0.5) is 0 Å². The minimum atomic E-state index is 0.764. The largest absolute Gasteiger partial charge is 0.0831 e. The molecule has 0 saturated heterocycles. The van der Waals surface area contributed by atoms with Gasteiger partial charge in [-0.25, -0.2) is 0 Å². The summed E-state index contributed by atoms with van der Waals surface area (Å²) < 4.78 is 0. The summed E-state index contributed by atoms with van der Waals surface area (Å²) >= 11 is 0. The second-order valence-corrected chi connectivity index (χ2v) is 2.63. The van der Waals surface area contributed by atoms with E-state index in [0.717, 1.165) is 5.92 Å². The predicted molar refractivity (Wildman–Crippen MR) is 38.9 cm³/mol. The molecular weight excluding hydrogens is 96.1 g/mol. The van der Waals surface area contributed by atoms with Crippen LogP contribution in [0.5, 0.6) is 0 Å². The molecule has 0 unspecified atom stereocenters. The molecule has 0 aromatic heterocycles. The molecule has 0 aliphatic rings. The van der Waals surface area contributed by atoms with Gasteiger partial charge in [-0.1, -0.05) is 31.9 Å². The molecule has 0 aromatic rings. The molecule has 0 heteroatoms. The molecule has 0 fully saturated rings. The lowest BCUT2D eigenvalue weighted by atomic mass is 10.1. The Bertz CT molecular complexity index is 76.0. The van der Waals surface area contributed by atoms with E-state index in [0.29, 0.717) is 0 Å². The molecule has 0 N–H and O–H groups in total. The zero-order valence-electron chi connectivity index (χ0n) is 6.36. The summed E-state index contributed by atoms with van der Waals surface area (Å²) in [6.07, 6.45) is 3.56. The van der Waals surface area contributed by atoms with Crippen molar-refractivity contribution in [3.63, 3.8) is 0 Å². The van der Waals surface area contributed by atoms with Crippen LogP contribution in [-0.4, -0.2) is 0 Å². The molecule has 0 bridgehead atoms. The number of hydrogen-bond acceptors (Lipinski definition) is 0. The van der Waals surface area contributed by atoms with Crippen LogP contribution < -0.4 is 0 Å². The van der Waals surface area contributed by atoms with E-state index >= 15 is 0 Å². The first kappa shape index (κ1) is 7.74. The molecular formula is C8H16. The summed E-state index contributed by atoms with van der Waals surface area (Å²) in [6.45, 7) is 8.75. The van der Waals surface area contributed by atoms with Gasteiger partial charge in [0.25, 0.3) is 0 Å². The average Bonchev–Trinajstić information content (AvgIpc) is 1.65. The maximum absolute atomic E-state index is 2.31. The van der Waals surface area contributed by atoms with Crippen molar-refractivity contribution in [2.24, 2.45) is 5.92 Å². The van der Waals surface area contributed by atoms with Gasteiger partial charge in [0.1, 0.15) is 0 Å². The minimum Gasteiger partial charge on any atom is -0.0831 e. The van der Waals surface area contributed by atoms with Crippen molar-refractivity contribution < 1.29 is 0 Å². The van der Waals surface area contributed by atoms with E-state index in [9.17, 15) is 0 Å². The number of allylic oxidation sites excluding steroid dienone is 2. The van der Waals surface area contributed by atoms with Gasteiger partial charge in [-0.05, 0) is 19.8 Å². The van der Waals surface area contributed by atoms with Crippen molar-refractivity contribution in [1.29, 1.82) is 0 Å². The topological polar surface area (TPSA) is 0 Å². The zero-order valence-corrected chi connectivity index (χ0v) is 6.36. The Balaban J connectivity index is 3.51. The summed E-state index contributed by atoms with van der Waals surface area (Å²) in [5.74, 6) is 0.764. The van der Waals surface area contributed by atoms with E-state index in [-0.39, 0.29) is 0 Å². The van der Waals surface area contributed by atoms with Gasteiger partial charge < -0.3 is 0 Å². The first-order valence-corrected chi connectivity index (χ1v) is 3.31. The molecule has 0 aliphatic carbocycles. The molecule has 0 amide bonds. The molecule has 0 heterocycles. The lowest BCUT2D eigenvalue weighted by Crippen LogP contribution is -1.84. The Hall–Kier alpha value is -0.260. The molecule has 0 aliphatic heterocycles. The maximum Gasteiger partial charge on any atom is -0.0262 e. The van der Waals surface area contributed by atoms with Crippen LogP contribution in [0.25, 0.3) is 0 Å². The Morgan fingerprint density at radius 2 is 2.00 bits per heavy atom. The van der Waals surface area contributed by atoms with Crippen LogP contribution >= 0.6 is 0 Å². The quantitative estimate of drug-likeness (QED) is 0.482. The maximum atomic E-state index is 2.31. The minimum absolute atomic E-state index is 0.764. The van der Waals surface area contributed by atoms with Crippen LogP contribution in [0.15, 0.2) is 11.6 Å². The lowest BCUT2D eigenvalue weighted by molar-refractivity contribution is 0.693. The van der Waals surface area contributed by atoms with Crippen molar-refractivity contribution in [1.82, 2.24) is 0 Å². The fourth-order valence-corrected chi connectivity index (χ4v) is 0.687. The highest BCUT2D eigenvalue weighted by atomic mass is 14.0. The van der Waals surface area contributed by atoms with Gasteiger partial charge in [-0.2, -0.15) is 0 Å². The monoisotopic (exact) mass is 112 g/mol. The third-order valence-electron chi connectivity index (χ3n) is 1.26. The number of rotatable bonds is 2. The second kappa shape index (κ2) is 3.71. The summed E-state index contributed by atoms with van der Waals surface area (Å²) in [6, 6.07) is 0. The molecule has 0 radical (unpaired) electrons. The van der Waals surface area contributed by atoms with E-state index in [2.05, 4.69) is 33.8 Å². The molecule has 0 saturated carbocycles. The van der Waals surface area contributed by atoms with Gasteiger partial charge in [0.15, 0.2) is 0 Å².